The Morgan fingerprint density at radius 2 is 1.71 bits per heavy atom. The molecule has 0 unspecified atom stereocenters. The van der Waals surface area contributed by atoms with Crippen LogP contribution in [0, 0.1) is 5.92 Å². The Morgan fingerprint density at radius 3 is 2.18 bits per heavy atom. The number of nitrogens with two attached hydrogens (primary N) is 2. The molecule has 0 spiro atoms. The average Bonchev–Trinajstić information content (AvgIpc) is 3.04. The molecule has 4 nitrogen and oxygen atoms in total. The summed E-state index contributed by atoms with van der Waals surface area (Å²) in [6.07, 6.45) is 2.28. The van der Waals surface area contributed by atoms with Gasteiger partial charge in [-0.2, -0.15) is 5.10 Å². The standard InChI is InChI=1S/C11H13ClN4.ClH/c12-9-5-3-8(4-6-9)10(7-1-2-7)15-16-11(13)14;/h3-7H,1-2H2,(H4,13,14,16);1H/b15-10-;. The molecule has 17 heavy (non-hydrogen) atoms. The van der Waals surface area contributed by atoms with Crippen molar-refractivity contribution >= 4 is 35.7 Å². The molecule has 1 saturated carbocycles. The predicted octanol–water partition coefficient (Wildman–Crippen LogP) is 2.15. The van der Waals surface area contributed by atoms with Gasteiger partial charge in [0.2, 0.25) is 5.96 Å². The van der Waals surface area contributed by atoms with E-state index in [4.69, 9.17) is 23.1 Å². The van der Waals surface area contributed by atoms with E-state index in [0.717, 1.165) is 24.1 Å². The van der Waals surface area contributed by atoms with E-state index >= 15 is 0 Å². The van der Waals surface area contributed by atoms with Crippen LogP contribution in [-0.4, -0.2) is 11.7 Å². The van der Waals surface area contributed by atoms with E-state index in [0.29, 0.717) is 10.9 Å². The van der Waals surface area contributed by atoms with E-state index in [1.165, 1.54) is 0 Å². The second kappa shape index (κ2) is 5.89. The van der Waals surface area contributed by atoms with Crippen molar-refractivity contribution in [3.05, 3.63) is 34.9 Å². The molecule has 4 N–H and O–H groups in total. The summed E-state index contributed by atoms with van der Waals surface area (Å²) >= 11 is 5.83. The molecule has 0 heterocycles. The third-order valence-corrected chi connectivity index (χ3v) is 2.63. The van der Waals surface area contributed by atoms with Crippen LogP contribution < -0.4 is 11.5 Å². The van der Waals surface area contributed by atoms with E-state index in [9.17, 15) is 0 Å². The molecular formula is C11H14Cl2N4. The number of nitrogens with zero attached hydrogens (tertiary/aromatic N) is 2. The molecule has 0 aliphatic heterocycles. The second-order valence-corrected chi connectivity index (χ2v) is 4.23. The van der Waals surface area contributed by atoms with Gasteiger partial charge in [-0.3, -0.25) is 0 Å². The average molecular weight is 273 g/mol. The predicted molar refractivity (Wildman–Crippen MR) is 73.8 cm³/mol. The zero-order chi connectivity index (χ0) is 11.5. The summed E-state index contributed by atoms with van der Waals surface area (Å²) in [6, 6.07) is 7.54. The SMILES string of the molecule is Cl.NC(N)=N/N=C(\c1ccc(Cl)cc1)C1CC1. The Hall–Kier alpha value is -1.26. The number of halogens is 2. The van der Waals surface area contributed by atoms with E-state index in [1.54, 1.807) is 0 Å². The molecule has 2 rings (SSSR count). The Bertz CT molecular complexity index is 431. The Morgan fingerprint density at radius 1 is 1.12 bits per heavy atom. The second-order valence-electron chi connectivity index (χ2n) is 3.79. The van der Waals surface area contributed by atoms with Gasteiger partial charge in [-0.15, -0.1) is 17.5 Å². The molecule has 0 saturated heterocycles. The third kappa shape index (κ3) is 3.91. The molecule has 1 aromatic carbocycles. The summed E-state index contributed by atoms with van der Waals surface area (Å²) in [4.78, 5) is 0. The number of rotatable bonds is 3. The minimum atomic E-state index is -0.0212. The first-order valence-electron chi connectivity index (χ1n) is 5.09. The van der Waals surface area contributed by atoms with Crippen LogP contribution in [-0.2, 0) is 0 Å². The van der Waals surface area contributed by atoms with Gasteiger partial charge in [0.05, 0.1) is 5.71 Å². The van der Waals surface area contributed by atoms with Crippen molar-refractivity contribution in [2.45, 2.75) is 12.8 Å². The van der Waals surface area contributed by atoms with E-state index in [1.807, 2.05) is 24.3 Å². The highest BCUT2D eigenvalue weighted by atomic mass is 35.5. The summed E-state index contributed by atoms with van der Waals surface area (Å²) in [5, 5.41) is 8.52. The fraction of sp³-hybridized carbons (Fsp3) is 0.273. The molecule has 0 amide bonds. The summed E-state index contributed by atoms with van der Waals surface area (Å²) in [5.74, 6) is 0.455. The Labute approximate surface area is 111 Å². The third-order valence-electron chi connectivity index (χ3n) is 2.38. The van der Waals surface area contributed by atoms with Crippen LogP contribution in [0.1, 0.15) is 18.4 Å². The first-order valence-corrected chi connectivity index (χ1v) is 5.47. The first kappa shape index (κ1) is 13.8. The van der Waals surface area contributed by atoms with Gasteiger partial charge in [0, 0.05) is 10.9 Å². The van der Waals surface area contributed by atoms with Crippen molar-refractivity contribution < 1.29 is 0 Å². The number of hydrogen-bond acceptors (Lipinski definition) is 2. The van der Waals surface area contributed by atoms with Gasteiger partial charge in [-0.25, -0.2) is 0 Å². The largest absolute Gasteiger partial charge is 0.369 e. The molecule has 6 heteroatoms. The fourth-order valence-corrected chi connectivity index (χ4v) is 1.59. The molecular weight excluding hydrogens is 259 g/mol. The summed E-state index contributed by atoms with van der Waals surface area (Å²) in [6.45, 7) is 0. The number of hydrogen-bond donors (Lipinski definition) is 2. The summed E-state index contributed by atoms with van der Waals surface area (Å²) in [5.41, 5.74) is 12.5. The normalized spacial score (nSPS) is 15.0. The number of guanidine groups is 1. The van der Waals surface area contributed by atoms with E-state index < -0.39 is 0 Å². The van der Waals surface area contributed by atoms with Gasteiger partial charge in [-0.05, 0) is 30.5 Å². The Balaban J connectivity index is 0.00000144. The highest BCUT2D eigenvalue weighted by Crippen LogP contribution is 2.33. The fourth-order valence-electron chi connectivity index (χ4n) is 1.46. The minimum Gasteiger partial charge on any atom is -0.369 e. The zero-order valence-corrected chi connectivity index (χ0v) is 10.7. The van der Waals surface area contributed by atoms with Gasteiger partial charge >= 0.3 is 0 Å². The lowest BCUT2D eigenvalue weighted by Crippen LogP contribution is -2.22. The van der Waals surface area contributed by atoms with Crippen molar-refractivity contribution in [2.24, 2.45) is 27.6 Å². The highest BCUT2D eigenvalue weighted by molar-refractivity contribution is 6.30. The van der Waals surface area contributed by atoms with Crippen molar-refractivity contribution in [1.82, 2.24) is 0 Å². The molecule has 0 aromatic heterocycles. The molecule has 92 valence electrons. The van der Waals surface area contributed by atoms with Crippen LogP contribution in [0.4, 0.5) is 0 Å². The summed E-state index contributed by atoms with van der Waals surface area (Å²) < 4.78 is 0. The van der Waals surface area contributed by atoms with Crippen molar-refractivity contribution in [3.63, 3.8) is 0 Å². The minimum absolute atomic E-state index is 0. The highest BCUT2D eigenvalue weighted by Gasteiger charge is 2.28. The van der Waals surface area contributed by atoms with E-state index in [-0.39, 0.29) is 18.4 Å². The lowest BCUT2D eigenvalue weighted by Gasteiger charge is -2.03. The quantitative estimate of drug-likeness (QED) is 0.503. The maximum absolute atomic E-state index is 5.83. The first-order chi connectivity index (χ1) is 7.66. The lowest BCUT2D eigenvalue weighted by atomic mass is 10.1. The van der Waals surface area contributed by atoms with Crippen LogP contribution in [0.2, 0.25) is 5.02 Å². The molecule has 1 aliphatic carbocycles. The monoisotopic (exact) mass is 272 g/mol. The van der Waals surface area contributed by atoms with Crippen molar-refractivity contribution in [1.29, 1.82) is 0 Å². The molecule has 1 fully saturated rings. The van der Waals surface area contributed by atoms with Crippen molar-refractivity contribution in [3.8, 4) is 0 Å². The summed E-state index contributed by atoms with van der Waals surface area (Å²) in [7, 11) is 0. The molecule has 0 atom stereocenters. The zero-order valence-electron chi connectivity index (χ0n) is 9.14. The van der Waals surface area contributed by atoms with E-state index in [2.05, 4.69) is 10.2 Å². The maximum atomic E-state index is 5.83. The van der Waals surface area contributed by atoms with Gasteiger partial charge < -0.3 is 11.5 Å². The van der Waals surface area contributed by atoms with Gasteiger partial charge in [0.25, 0.3) is 0 Å². The van der Waals surface area contributed by atoms with Crippen LogP contribution in [0.3, 0.4) is 0 Å². The molecule has 1 aromatic rings. The Kier molecular flexibility index (Phi) is 4.78. The smallest absolute Gasteiger partial charge is 0.211 e. The van der Waals surface area contributed by atoms with Crippen molar-refractivity contribution in [2.75, 3.05) is 0 Å². The maximum Gasteiger partial charge on any atom is 0.211 e. The van der Waals surface area contributed by atoms with Gasteiger partial charge in [0.15, 0.2) is 0 Å². The molecule has 1 aliphatic rings. The lowest BCUT2D eigenvalue weighted by molar-refractivity contribution is 1.11. The van der Waals surface area contributed by atoms with Crippen LogP contribution in [0.5, 0.6) is 0 Å². The van der Waals surface area contributed by atoms with Crippen LogP contribution in [0.25, 0.3) is 0 Å². The van der Waals surface area contributed by atoms with Crippen LogP contribution in [0.15, 0.2) is 34.5 Å². The van der Waals surface area contributed by atoms with Gasteiger partial charge in [0.1, 0.15) is 0 Å². The molecule has 0 bridgehead atoms. The number of benzene rings is 1. The molecule has 0 radical (unpaired) electrons. The topological polar surface area (TPSA) is 76.8 Å². The van der Waals surface area contributed by atoms with Gasteiger partial charge in [-0.1, -0.05) is 23.7 Å². The van der Waals surface area contributed by atoms with Crippen LogP contribution >= 0.6 is 24.0 Å².